The number of aliphatic carboxylic acids is 1. The summed E-state index contributed by atoms with van der Waals surface area (Å²) in [5.74, 6) is -0.447. The maximum absolute atomic E-state index is 11.8. The number of amides is 2. The first-order valence-electron chi connectivity index (χ1n) is 6.80. The molecule has 0 saturated carbocycles. The van der Waals surface area contributed by atoms with Crippen molar-refractivity contribution >= 4 is 12.0 Å². The molecule has 1 unspecified atom stereocenters. The monoisotopic (exact) mass is 295 g/mol. The fraction of sp³-hybridized carbons (Fsp3) is 0.500. The highest BCUT2D eigenvalue weighted by Crippen LogP contribution is 2.08. The highest BCUT2D eigenvalue weighted by Gasteiger charge is 2.14. The molecule has 0 aliphatic rings. The van der Waals surface area contributed by atoms with Crippen molar-refractivity contribution in [3.05, 3.63) is 23.9 Å². The molecule has 0 spiro atoms. The molecule has 116 valence electrons. The summed E-state index contributed by atoms with van der Waals surface area (Å²) in [6.07, 6.45) is 2.95. The fourth-order valence-corrected chi connectivity index (χ4v) is 1.88. The second-order valence-electron chi connectivity index (χ2n) is 4.62. The van der Waals surface area contributed by atoms with Crippen LogP contribution in [0.5, 0.6) is 5.88 Å². The lowest BCUT2D eigenvalue weighted by atomic mass is 10.1. The van der Waals surface area contributed by atoms with Crippen LogP contribution in [-0.4, -0.2) is 35.2 Å². The number of pyridine rings is 1. The quantitative estimate of drug-likeness (QED) is 0.675. The van der Waals surface area contributed by atoms with Gasteiger partial charge in [0, 0.05) is 24.8 Å². The lowest BCUT2D eigenvalue weighted by Gasteiger charge is -2.16. The number of rotatable bonds is 8. The van der Waals surface area contributed by atoms with Crippen LogP contribution in [0.25, 0.3) is 0 Å². The first kappa shape index (κ1) is 16.7. The molecule has 0 fully saturated rings. The van der Waals surface area contributed by atoms with E-state index in [0.717, 1.165) is 12.0 Å². The van der Waals surface area contributed by atoms with Crippen molar-refractivity contribution in [1.82, 2.24) is 15.6 Å². The van der Waals surface area contributed by atoms with E-state index in [1.165, 1.54) is 7.11 Å². The Morgan fingerprint density at radius 1 is 1.48 bits per heavy atom. The largest absolute Gasteiger partial charge is 0.481 e. The van der Waals surface area contributed by atoms with Gasteiger partial charge in [0.2, 0.25) is 5.88 Å². The van der Waals surface area contributed by atoms with Gasteiger partial charge in [-0.05, 0) is 18.1 Å². The Bertz CT molecular complexity index is 479. The molecule has 7 nitrogen and oxygen atoms in total. The summed E-state index contributed by atoms with van der Waals surface area (Å²) >= 11 is 0. The van der Waals surface area contributed by atoms with Crippen molar-refractivity contribution in [2.45, 2.75) is 38.8 Å². The van der Waals surface area contributed by atoms with Crippen molar-refractivity contribution < 1.29 is 19.4 Å². The van der Waals surface area contributed by atoms with E-state index in [-0.39, 0.29) is 18.5 Å². The number of hydrogen-bond donors (Lipinski definition) is 3. The molecule has 1 atom stereocenters. The summed E-state index contributed by atoms with van der Waals surface area (Å²) in [7, 11) is 1.52. The van der Waals surface area contributed by atoms with E-state index in [4.69, 9.17) is 9.84 Å². The van der Waals surface area contributed by atoms with Crippen LogP contribution in [0.3, 0.4) is 0 Å². The number of nitrogens with zero attached hydrogens (tertiary/aromatic N) is 1. The Labute approximate surface area is 123 Å². The van der Waals surface area contributed by atoms with Crippen LogP contribution in [0.2, 0.25) is 0 Å². The van der Waals surface area contributed by atoms with E-state index in [2.05, 4.69) is 15.6 Å². The van der Waals surface area contributed by atoms with E-state index in [9.17, 15) is 9.59 Å². The highest BCUT2D eigenvalue weighted by atomic mass is 16.5. The van der Waals surface area contributed by atoms with Gasteiger partial charge in [0.15, 0.2) is 0 Å². The van der Waals surface area contributed by atoms with E-state index in [1.807, 2.05) is 6.92 Å². The summed E-state index contributed by atoms with van der Waals surface area (Å²) in [5.41, 5.74) is 0.849. The molecule has 0 aromatic carbocycles. The molecule has 7 heteroatoms. The maximum atomic E-state index is 11.8. The number of nitrogens with one attached hydrogen (secondary N) is 2. The van der Waals surface area contributed by atoms with Crippen LogP contribution in [-0.2, 0) is 11.3 Å². The third-order valence-corrected chi connectivity index (χ3v) is 2.85. The first-order valence-corrected chi connectivity index (χ1v) is 6.80. The predicted octanol–water partition coefficient (Wildman–Crippen LogP) is 1.53. The minimum atomic E-state index is -0.923. The molecule has 1 aromatic rings. The number of carboxylic acids is 1. The van der Waals surface area contributed by atoms with E-state index < -0.39 is 5.97 Å². The Morgan fingerprint density at radius 2 is 2.24 bits per heavy atom. The van der Waals surface area contributed by atoms with Crippen molar-refractivity contribution in [1.29, 1.82) is 0 Å². The highest BCUT2D eigenvalue weighted by molar-refractivity contribution is 5.75. The number of carbonyl (C=O) groups is 2. The average molecular weight is 295 g/mol. The van der Waals surface area contributed by atoms with Gasteiger partial charge in [-0.2, -0.15) is 0 Å². The summed E-state index contributed by atoms with van der Waals surface area (Å²) < 4.78 is 5.00. The van der Waals surface area contributed by atoms with Gasteiger partial charge >= 0.3 is 12.0 Å². The zero-order valence-corrected chi connectivity index (χ0v) is 12.3. The van der Waals surface area contributed by atoms with Gasteiger partial charge in [-0.3, -0.25) is 4.79 Å². The zero-order valence-electron chi connectivity index (χ0n) is 12.3. The fourth-order valence-electron chi connectivity index (χ4n) is 1.88. The Hall–Kier alpha value is -2.31. The maximum Gasteiger partial charge on any atom is 0.315 e. The normalized spacial score (nSPS) is 11.5. The van der Waals surface area contributed by atoms with E-state index in [1.54, 1.807) is 18.3 Å². The zero-order chi connectivity index (χ0) is 15.7. The number of urea groups is 1. The van der Waals surface area contributed by atoms with E-state index >= 15 is 0 Å². The molecule has 0 aliphatic heterocycles. The standard InChI is InChI=1S/C14H21N3O4/c1-3-4-11(8-13(18)19)17-14(20)16-9-10-5-6-15-12(7-10)21-2/h5-7,11H,3-4,8-9H2,1-2H3,(H,18,19)(H2,16,17,20). The number of carbonyl (C=O) groups excluding carboxylic acids is 1. The van der Waals surface area contributed by atoms with Crippen LogP contribution >= 0.6 is 0 Å². The lowest BCUT2D eigenvalue weighted by Crippen LogP contribution is -2.42. The molecule has 0 bridgehead atoms. The first-order chi connectivity index (χ1) is 10.0. The van der Waals surface area contributed by atoms with Crippen LogP contribution in [0, 0.1) is 0 Å². The van der Waals surface area contributed by atoms with Gasteiger partial charge in [-0.15, -0.1) is 0 Å². The van der Waals surface area contributed by atoms with Gasteiger partial charge in [0.1, 0.15) is 0 Å². The minimum Gasteiger partial charge on any atom is -0.481 e. The van der Waals surface area contributed by atoms with Gasteiger partial charge in [-0.25, -0.2) is 9.78 Å². The number of hydrogen-bond acceptors (Lipinski definition) is 4. The predicted molar refractivity (Wildman–Crippen MR) is 77.1 cm³/mol. The van der Waals surface area contributed by atoms with Crippen LogP contribution in [0.4, 0.5) is 4.79 Å². The second kappa shape index (κ2) is 8.78. The van der Waals surface area contributed by atoms with Crippen LogP contribution in [0.1, 0.15) is 31.7 Å². The molecule has 1 heterocycles. The van der Waals surface area contributed by atoms with Crippen molar-refractivity contribution in [2.75, 3.05) is 7.11 Å². The SMILES string of the molecule is CCCC(CC(=O)O)NC(=O)NCc1ccnc(OC)c1. The molecule has 0 aliphatic carbocycles. The molecule has 0 radical (unpaired) electrons. The molecular formula is C14H21N3O4. The number of ether oxygens (including phenoxy) is 1. The van der Waals surface area contributed by atoms with Gasteiger partial charge in [-0.1, -0.05) is 13.3 Å². The van der Waals surface area contributed by atoms with Crippen molar-refractivity contribution in [3.63, 3.8) is 0 Å². The third-order valence-electron chi connectivity index (χ3n) is 2.85. The van der Waals surface area contributed by atoms with E-state index in [0.29, 0.717) is 18.8 Å². The van der Waals surface area contributed by atoms with Crippen molar-refractivity contribution in [3.8, 4) is 5.88 Å². The number of aromatic nitrogens is 1. The topological polar surface area (TPSA) is 101 Å². The number of methoxy groups -OCH3 is 1. The summed E-state index contributed by atoms with van der Waals surface area (Å²) in [6.45, 7) is 2.26. The minimum absolute atomic E-state index is 0.0790. The smallest absolute Gasteiger partial charge is 0.315 e. The Kier molecular flexibility index (Phi) is 7.00. The summed E-state index contributed by atoms with van der Waals surface area (Å²) in [5, 5.41) is 14.2. The molecule has 2 amide bonds. The lowest BCUT2D eigenvalue weighted by molar-refractivity contribution is -0.137. The molecular weight excluding hydrogens is 274 g/mol. The molecule has 1 aromatic heterocycles. The average Bonchev–Trinajstić information content (AvgIpc) is 2.45. The van der Waals surface area contributed by atoms with Crippen LogP contribution in [0.15, 0.2) is 18.3 Å². The van der Waals surface area contributed by atoms with Gasteiger partial charge in [0.05, 0.1) is 13.5 Å². The Balaban J connectivity index is 2.46. The number of carboxylic acid groups (broad SMARTS) is 1. The summed E-state index contributed by atoms with van der Waals surface area (Å²) in [4.78, 5) is 26.5. The van der Waals surface area contributed by atoms with Crippen molar-refractivity contribution in [2.24, 2.45) is 0 Å². The molecule has 3 N–H and O–H groups in total. The second-order valence-corrected chi connectivity index (χ2v) is 4.62. The Morgan fingerprint density at radius 3 is 2.86 bits per heavy atom. The molecule has 21 heavy (non-hydrogen) atoms. The van der Waals surface area contributed by atoms with Crippen LogP contribution < -0.4 is 15.4 Å². The van der Waals surface area contributed by atoms with Gasteiger partial charge in [0.25, 0.3) is 0 Å². The summed E-state index contributed by atoms with van der Waals surface area (Å²) in [6, 6.07) is 2.75. The third kappa shape index (κ3) is 6.60. The molecule has 0 saturated heterocycles. The molecule has 1 rings (SSSR count). The van der Waals surface area contributed by atoms with Gasteiger partial charge < -0.3 is 20.5 Å².